The number of hydrogen-bond donors (Lipinski definition) is 1. The van der Waals surface area contributed by atoms with Gasteiger partial charge in [0.25, 0.3) is 11.1 Å². The van der Waals surface area contributed by atoms with Gasteiger partial charge in [0, 0.05) is 15.8 Å². The Labute approximate surface area is 131 Å². The van der Waals surface area contributed by atoms with E-state index in [0.717, 1.165) is 21.5 Å². The van der Waals surface area contributed by atoms with Crippen LogP contribution >= 0.6 is 11.8 Å². The van der Waals surface area contributed by atoms with E-state index in [-0.39, 0.29) is 0 Å². The lowest BCUT2D eigenvalue weighted by atomic mass is 10.2. The van der Waals surface area contributed by atoms with Crippen molar-refractivity contribution in [2.24, 2.45) is 0 Å². The van der Waals surface area contributed by atoms with E-state index in [1.807, 2.05) is 42.5 Å². The molecular formula is C17H13N3OS. The monoisotopic (exact) mass is 307 g/mol. The van der Waals surface area contributed by atoms with Crippen molar-refractivity contribution in [2.75, 3.05) is 0 Å². The fourth-order valence-corrected chi connectivity index (χ4v) is 3.08. The molecule has 5 heteroatoms. The smallest absolute Gasteiger partial charge is 0.281 e. The lowest BCUT2D eigenvalue weighted by Gasteiger charge is -1.99. The Morgan fingerprint density at radius 2 is 1.82 bits per heavy atom. The number of nitrogens with zero attached hydrogens (tertiary/aromatic N) is 2. The molecule has 0 aliphatic rings. The van der Waals surface area contributed by atoms with E-state index >= 15 is 0 Å². The summed E-state index contributed by atoms with van der Waals surface area (Å²) in [5.41, 5.74) is 3.09. The van der Waals surface area contributed by atoms with E-state index in [4.69, 9.17) is 4.42 Å². The van der Waals surface area contributed by atoms with E-state index in [9.17, 15) is 0 Å². The molecule has 2 aromatic heterocycles. The first-order valence-corrected chi connectivity index (χ1v) is 7.76. The first-order valence-electron chi connectivity index (χ1n) is 6.95. The molecule has 0 atom stereocenters. The lowest BCUT2D eigenvalue weighted by molar-refractivity contribution is 0.465. The molecule has 0 aliphatic heterocycles. The SMILES string of the molecule is Cc1ccccc1Sc1nnc(-c2cc3ccccc3[nH]2)o1. The third-order valence-corrected chi connectivity index (χ3v) is 4.48. The number of aryl methyl sites for hydroxylation is 1. The Kier molecular flexibility index (Phi) is 3.20. The fourth-order valence-electron chi connectivity index (χ4n) is 2.31. The average molecular weight is 307 g/mol. The summed E-state index contributed by atoms with van der Waals surface area (Å²) in [6.07, 6.45) is 0. The Morgan fingerprint density at radius 1 is 1.00 bits per heavy atom. The molecule has 0 fully saturated rings. The molecule has 0 saturated carbocycles. The van der Waals surface area contributed by atoms with Gasteiger partial charge in [-0.05, 0) is 42.4 Å². The van der Waals surface area contributed by atoms with Crippen LogP contribution in [0.25, 0.3) is 22.5 Å². The van der Waals surface area contributed by atoms with Crippen LogP contribution in [0, 0.1) is 6.92 Å². The standard InChI is InChI=1S/C17H13N3OS/c1-11-6-2-5-9-15(11)22-17-20-19-16(21-17)14-10-12-7-3-4-8-13(12)18-14/h2-10,18H,1H3. The highest BCUT2D eigenvalue weighted by Gasteiger charge is 2.12. The minimum atomic E-state index is 0.507. The van der Waals surface area contributed by atoms with Crippen molar-refractivity contribution < 1.29 is 4.42 Å². The van der Waals surface area contributed by atoms with Gasteiger partial charge in [-0.25, -0.2) is 0 Å². The molecule has 0 bridgehead atoms. The van der Waals surface area contributed by atoms with Crippen LogP contribution in [0.3, 0.4) is 0 Å². The second-order valence-corrected chi connectivity index (χ2v) is 6.00. The summed E-state index contributed by atoms with van der Waals surface area (Å²) >= 11 is 1.48. The zero-order valence-corrected chi connectivity index (χ0v) is 12.7. The van der Waals surface area contributed by atoms with Gasteiger partial charge < -0.3 is 9.40 Å². The zero-order valence-electron chi connectivity index (χ0n) is 11.9. The van der Waals surface area contributed by atoms with Gasteiger partial charge in [-0.1, -0.05) is 36.4 Å². The van der Waals surface area contributed by atoms with Crippen molar-refractivity contribution in [2.45, 2.75) is 17.0 Å². The molecule has 108 valence electrons. The molecule has 0 amide bonds. The highest BCUT2D eigenvalue weighted by Crippen LogP contribution is 2.31. The van der Waals surface area contributed by atoms with Crippen molar-refractivity contribution in [1.82, 2.24) is 15.2 Å². The molecule has 1 N–H and O–H groups in total. The van der Waals surface area contributed by atoms with E-state index in [0.29, 0.717) is 11.1 Å². The maximum absolute atomic E-state index is 5.77. The van der Waals surface area contributed by atoms with Gasteiger partial charge in [0.2, 0.25) is 0 Å². The molecule has 4 aromatic rings. The number of hydrogen-bond acceptors (Lipinski definition) is 4. The van der Waals surface area contributed by atoms with Gasteiger partial charge in [-0.2, -0.15) is 0 Å². The number of para-hydroxylation sites is 1. The second-order valence-electron chi connectivity index (χ2n) is 5.01. The summed E-state index contributed by atoms with van der Waals surface area (Å²) in [7, 11) is 0. The highest BCUT2D eigenvalue weighted by molar-refractivity contribution is 7.99. The van der Waals surface area contributed by atoms with Crippen LogP contribution in [-0.4, -0.2) is 15.2 Å². The Morgan fingerprint density at radius 3 is 2.68 bits per heavy atom. The van der Waals surface area contributed by atoms with Crippen molar-refractivity contribution in [3.05, 3.63) is 60.2 Å². The highest BCUT2D eigenvalue weighted by atomic mass is 32.2. The number of fused-ring (bicyclic) bond motifs is 1. The largest absolute Gasteiger partial charge is 0.409 e. The molecular weight excluding hydrogens is 294 g/mol. The number of aromatic amines is 1. The maximum Gasteiger partial charge on any atom is 0.281 e. The van der Waals surface area contributed by atoms with Crippen LogP contribution in [0.2, 0.25) is 0 Å². The van der Waals surface area contributed by atoms with Crippen LogP contribution in [0.4, 0.5) is 0 Å². The fraction of sp³-hybridized carbons (Fsp3) is 0.0588. The molecule has 0 aliphatic carbocycles. The Balaban J connectivity index is 1.65. The Hall–Kier alpha value is -2.53. The van der Waals surface area contributed by atoms with Crippen LogP contribution in [-0.2, 0) is 0 Å². The Bertz CT molecular complexity index is 909. The molecule has 4 nitrogen and oxygen atoms in total. The van der Waals surface area contributed by atoms with E-state index in [1.54, 1.807) is 0 Å². The molecule has 0 radical (unpaired) electrons. The minimum Gasteiger partial charge on any atom is -0.409 e. The van der Waals surface area contributed by atoms with Crippen LogP contribution in [0.1, 0.15) is 5.56 Å². The summed E-state index contributed by atoms with van der Waals surface area (Å²) in [4.78, 5) is 4.41. The third kappa shape index (κ3) is 2.40. The van der Waals surface area contributed by atoms with Crippen LogP contribution < -0.4 is 0 Å². The number of benzene rings is 2. The summed E-state index contributed by atoms with van der Waals surface area (Å²) < 4.78 is 5.77. The van der Waals surface area contributed by atoms with Gasteiger partial charge in [0.05, 0.1) is 0 Å². The first-order chi connectivity index (χ1) is 10.8. The summed E-state index contributed by atoms with van der Waals surface area (Å²) in [5.74, 6) is 0.507. The van der Waals surface area contributed by atoms with Gasteiger partial charge >= 0.3 is 0 Å². The van der Waals surface area contributed by atoms with Gasteiger partial charge in [-0.3, -0.25) is 0 Å². The predicted octanol–water partition coefficient (Wildman–Crippen LogP) is 4.68. The second kappa shape index (κ2) is 5.35. The summed E-state index contributed by atoms with van der Waals surface area (Å²) in [5, 5.41) is 9.94. The molecule has 2 heterocycles. The van der Waals surface area contributed by atoms with E-state index < -0.39 is 0 Å². The maximum atomic E-state index is 5.77. The van der Waals surface area contributed by atoms with Gasteiger partial charge in [-0.15, -0.1) is 10.2 Å². The minimum absolute atomic E-state index is 0.507. The van der Waals surface area contributed by atoms with Crippen molar-refractivity contribution in [1.29, 1.82) is 0 Å². The number of nitrogens with one attached hydrogen (secondary N) is 1. The zero-order chi connectivity index (χ0) is 14.9. The quantitative estimate of drug-likeness (QED) is 0.597. The van der Waals surface area contributed by atoms with E-state index in [2.05, 4.69) is 34.2 Å². The molecule has 0 spiro atoms. The molecule has 0 unspecified atom stereocenters. The van der Waals surface area contributed by atoms with Gasteiger partial charge in [0.15, 0.2) is 0 Å². The van der Waals surface area contributed by atoms with Crippen molar-refractivity contribution in [3.8, 4) is 11.6 Å². The summed E-state index contributed by atoms with van der Waals surface area (Å²) in [6, 6.07) is 18.2. The van der Waals surface area contributed by atoms with E-state index in [1.165, 1.54) is 17.3 Å². The molecule has 4 rings (SSSR count). The molecule has 0 saturated heterocycles. The summed E-state index contributed by atoms with van der Waals surface area (Å²) in [6.45, 7) is 2.07. The van der Waals surface area contributed by atoms with Gasteiger partial charge in [0.1, 0.15) is 5.69 Å². The first kappa shape index (κ1) is 13.2. The molecule has 22 heavy (non-hydrogen) atoms. The third-order valence-electron chi connectivity index (χ3n) is 3.46. The lowest BCUT2D eigenvalue weighted by Crippen LogP contribution is -1.78. The number of H-pyrrole nitrogens is 1. The topological polar surface area (TPSA) is 54.7 Å². The van der Waals surface area contributed by atoms with Crippen LogP contribution in [0.15, 0.2) is 69.1 Å². The van der Waals surface area contributed by atoms with Crippen molar-refractivity contribution >= 4 is 22.7 Å². The normalized spacial score (nSPS) is 11.1. The van der Waals surface area contributed by atoms with Crippen molar-refractivity contribution in [3.63, 3.8) is 0 Å². The number of rotatable bonds is 3. The predicted molar refractivity (Wildman–Crippen MR) is 86.9 cm³/mol. The molecule has 2 aromatic carbocycles. The number of aromatic nitrogens is 3. The van der Waals surface area contributed by atoms with Crippen LogP contribution in [0.5, 0.6) is 0 Å². The average Bonchev–Trinajstić information content (AvgIpc) is 3.15.